The van der Waals surface area contributed by atoms with Crippen molar-refractivity contribution in [2.24, 2.45) is 0 Å². The normalized spacial score (nSPS) is 16.6. The van der Waals surface area contributed by atoms with Gasteiger partial charge in [0.25, 0.3) is 0 Å². The molecule has 0 aliphatic carbocycles. The van der Waals surface area contributed by atoms with Gasteiger partial charge in [-0.05, 0) is 25.1 Å². The molecule has 0 saturated carbocycles. The molecule has 1 N–H and O–H groups in total. The number of nitrogens with zero attached hydrogens (tertiary/aromatic N) is 1. The van der Waals surface area contributed by atoms with E-state index in [1.54, 1.807) is 7.11 Å². The van der Waals surface area contributed by atoms with E-state index < -0.39 is 0 Å². The Balaban J connectivity index is 1.64. The SMILES string of the molecule is COCCCN(C)CC(=O)NCC1Cc2ccccc2O1. The van der Waals surface area contributed by atoms with Gasteiger partial charge in [0, 0.05) is 26.7 Å². The van der Waals surface area contributed by atoms with Gasteiger partial charge >= 0.3 is 0 Å². The summed E-state index contributed by atoms with van der Waals surface area (Å²) in [6.07, 6.45) is 1.84. The number of amides is 1. The van der Waals surface area contributed by atoms with Crippen LogP contribution in [-0.4, -0.2) is 57.3 Å². The second kappa shape index (κ2) is 8.00. The van der Waals surface area contributed by atoms with E-state index in [9.17, 15) is 4.79 Å². The number of hydrogen-bond donors (Lipinski definition) is 1. The fourth-order valence-corrected chi connectivity index (χ4v) is 2.45. The van der Waals surface area contributed by atoms with Crippen LogP contribution in [0.15, 0.2) is 24.3 Å². The van der Waals surface area contributed by atoms with E-state index in [2.05, 4.69) is 11.4 Å². The summed E-state index contributed by atoms with van der Waals surface area (Å²) in [5, 5.41) is 2.94. The van der Waals surface area contributed by atoms with Crippen LogP contribution in [-0.2, 0) is 16.0 Å². The highest BCUT2D eigenvalue weighted by Gasteiger charge is 2.22. The Morgan fingerprint density at radius 2 is 2.29 bits per heavy atom. The minimum Gasteiger partial charge on any atom is -0.488 e. The van der Waals surface area contributed by atoms with E-state index in [-0.39, 0.29) is 12.0 Å². The minimum absolute atomic E-state index is 0.0365. The van der Waals surface area contributed by atoms with Crippen molar-refractivity contribution in [3.05, 3.63) is 29.8 Å². The lowest BCUT2D eigenvalue weighted by molar-refractivity contribution is -0.122. The van der Waals surface area contributed by atoms with Gasteiger partial charge < -0.3 is 14.8 Å². The molecule has 1 amide bonds. The molecule has 1 aromatic rings. The number of nitrogens with one attached hydrogen (secondary N) is 1. The van der Waals surface area contributed by atoms with Crippen molar-refractivity contribution in [3.63, 3.8) is 0 Å². The molecule has 1 unspecified atom stereocenters. The monoisotopic (exact) mass is 292 g/mol. The summed E-state index contributed by atoms with van der Waals surface area (Å²) in [5.41, 5.74) is 1.22. The van der Waals surface area contributed by atoms with Gasteiger partial charge in [0.1, 0.15) is 11.9 Å². The lowest BCUT2D eigenvalue weighted by Gasteiger charge is -2.17. The first-order valence-electron chi connectivity index (χ1n) is 7.38. The maximum Gasteiger partial charge on any atom is 0.234 e. The second-order valence-electron chi connectivity index (χ2n) is 5.44. The molecule has 0 saturated heterocycles. The second-order valence-corrected chi connectivity index (χ2v) is 5.44. The van der Waals surface area contributed by atoms with Crippen LogP contribution in [0, 0.1) is 0 Å². The third-order valence-corrected chi connectivity index (χ3v) is 3.54. The van der Waals surface area contributed by atoms with Crippen molar-refractivity contribution in [2.45, 2.75) is 18.9 Å². The number of rotatable bonds is 8. The maximum absolute atomic E-state index is 11.9. The predicted octanol–water partition coefficient (Wildman–Crippen LogP) is 1.07. The first kappa shape index (κ1) is 15.8. The summed E-state index contributed by atoms with van der Waals surface area (Å²) < 4.78 is 10.8. The van der Waals surface area contributed by atoms with Crippen LogP contribution >= 0.6 is 0 Å². The molecule has 1 aliphatic rings. The smallest absolute Gasteiger partial charge is 0.234 e. The predicted molar refractivity (Wildman–Crippen MR) is 81.6 cm³/mol. The molecule has 0 fully saturated rings. The molecular formula is C16H24N2O3. The molecule has 1 atom stereocenters. The van der Waals surface area contributed by atoms with E-state index in [0.29, 0.717) is 13.1 Å². The molecular weight excluding hydrogens is 268 g/mol. The molecule has 5 nitrogen and oxygen atoms in total. The van der Waals surface area contributed by atoms with Crippen LogP contribution in [0.2, 0.25) is 0 Å². The number of likely N-dealkylation sites (N-methyl/N-ethyl adjacent to an activating group) is 1. The highest BCUT2D eigenvalue weighted by molar-refractivity contribution is 5.78. The van der Waals surface area contributed by atoms with Gasteiger partial charge in [0.05, 0.1) is 13.1 Å². The lowest BCUT2D eigenvalue weighted by atomic mass is 10.1. The third kappa shape index (κ3) is 5.02. The molecule has 0 bridgehead atoms. The molecule has 0 spiro atoms. The molecule has 21 heavy (non-hydrogen) atoms. The fourth-order valence-electron chi connectivity index (χ4n) is 2.45. The molecule has 0 aromatic heterocycles. The molecule has 1 heterocycles. The van der Waals surface area contributed by atoms with Crippen molar-refractivity contribution in [3.8, 4) is 5.75 Å². The van der Waals surface area contributed by atoms with E-state index in [1.807, 2.05) is 30.1 Å². The molecule has 1 aromatic carbocycles. The van der Waals surface area contributed by atoms with Gasteiger partial charge in [-0.2, -0.15) is 0 Å². The third-order valence-electron chi connectivity index (χ3n) is 3.54. The van der Waals surface area contributed by atoms with Crippen molar-refractivity contribution in [2.75, 3.05) is 40.4 Å². The van der Waals surface area contributed by atoms with Gasteiger partial charge in [-0.25, -0.2) is 0 Å². The van der Waals surface area contributed by atoms with Crippen LogP contribution in [0.4, 0.5) is 0 Å². The number of ether oxygens (including phenoxy) is 2. The van der Waals surface area contributed by atoms with Crippen LogP contribution in [0.1, 0.15) is 12.0 Å². The number of fused-ring (bicyclic) bond motifs is 1. The van der Waals surface area contributed by atoms with Crippen LogP contribution < -0.4 is 10.1 Å². The number of benzene rings is 1. The van der Waals surface area contributed by atoms with Gasteiger partial charge in [0.15, 0.2) is 0 Å². The van der Waals surface area contributed by atoms with Crippen LogP contribution in [0.25, 0.3) is 0 Å². The zero-order valence-electron chi connectivity index (χ0n) is 12.8. The quantitative estimate of drug-likeness (QED) is 0.728. The van der Waals surface area contributed by atoms with Gasteiger partial charge in [-0.1, -0.05) is 18.2 Å². The number of hydrogen-bond acceptors (Lipinski definition) is 4. The number of para-hydroxylation sites is 1. The van der Waals surface area contributed by atoms with Gasteiger partial charge in [0.2, 0.25) is 5.91 Å². The highest BCUT2D eigenvalue weighted by atomic mass is 16.5. The van der Waals surface area contributed by atoms with E-state index >= 15 is 0 Å². The lowest BCUT2D eigenvalue weighted by Crippen LogP contribution is -2.40. The first-order chi connectivity index (χ1) is 10.2. The molecule has 1 aliphatic heterocycles. The van der Waals surface area contributed by atoms with E-state index in [1.165, 1.54) is 5.56 Å². The Kier molecular flexibility index (Phi) is 6.02. The average Bonchev–Trinajstić information content (AvgIpc) is 2.88. The Morgan fingerprint density at radius 1 is 1.48 bits per heavy atom. The topological polar surface area (TPSA) is 50.8 Å². The van der Waals surface area contributed by atoms with Crippen molar-refractivity contribution in [1.82, 2.24) is 10.2 Å². The highest BCUT2D eigenvalue weighted by Crippen LogP contribution is 2.27. The van der Waals surface area contributed by atoms with Crippen LogP contribution in [0.5, 0.6) is 5.75 Å². The molecule has 0 radical (unpaired) electrons. The Labute approximate surface area is 126 Å². The van der Waals surface area contributed by atoms with Crippen LogP contribution in [0.3, 0.4) is 0 Å². The largest absolute Gasteiger partial charge is 0.488 e. The van der Waals surface area contributed by atoms with E-state index in [4.69, 9.17) is 9.47 Å². The maximum atomic E-state index is 11.9. The van der Waals surface area contributed by atoms with Gasteiger partial charge in [-0.3, -0.25) is 9.69 Å². The Morgan fingerprint density at radius 3 is 3.05 bits per heavy atom. The first-order valence-corrected chi connectivity index (χ1v) is 7.38. The number of carbonyl (C=O) groups is 1. The molecule has 5 heteroatoms. The van der Waals surface area contributed by atoms with Crippen molar-refractivity contribution >= 4 is 5.91 Å². The van der Waals surface area contributed by atoms with Crippen molar-refractivity contribution < 1.29 is 14.3 Å². The fraction of sp³-hybridized carbons (Fsp3) is 0.562. The average molecular weight is 292 g/mol. The standard InChI is InChI=1S/C16H24N2O3/c1-18(8-5-9-20-2)12-16(19)17-11-14-10-13-6-3-4-7-15(13)21-14/h3-4,6-7,14H,5,8-12H2,1-2H3,(H,17,19). The summed E-state index contributed by atoms with van der Waals surface area (Å²) in [5.74, 6) is 0.975. The zero-order chi connectivity index (χ0) is 15.1. The summed E-state index contributed by atoms with van der Waals surface area (Å²) in [6, 6.07) is 8.02. The van der Waals surface area contributed by atoms with Crippen molar-refractivity contribution in [1.29, 1.82) is 0 Å². The Hall–Kier alpha value is -1.59. The van der Waals surface area contributed by atoms with Gasteiger partial charge in [-0.15, -0.1) is 0 Å². The zero-order valence-corrected chi connectivity index (χ0v) is 12.8. The van der Waals surface area contributed by atoms with E-state index in [0.717, 1.165) is 31.7 Å². The minimum atomic E-state index is 0.0365. The summed E-state index contributed by atoms with van der Waals surface area (Å²) in [6.45, 7) is 2.54. The summed E-state index contributed by atoms with van der Waals surface area (Å²) in [4.78, 5) is 13.9. The number of methoxy groups -OCH3 is 1. The Bertz CT molecular complexity index is 440. The molecule has 2 rings (SSSR count). The number of carbonyl (C=O) groups excluding carboxylic acids is 1. The molecule has 116 valence electrons. The summed E-state index contributed by atoms with van der Waals surface area (Å²) >= 11 is 0. The summed E-state index contributed by atoms with van der Waals surface area (Å²) in [7, 11) is 3.63.